The predicted octanol–water partition coefficient (Wildman–Crippen LogP) is 0.817. The number of pyridine rings is 1. The van der Waals surface area contributed by atoms with Gasteiger partial charge in [0.2, 0.25) is 5.75 Å². The summed E-state index contributed by atoms with van der Waals surface area (Å²) in [6.45, 7) is 3.46. The molecule has 0 bridgehead atoms. The van der Waals surface area contributed by atoms with Crippen LogP contribution in [0.5, 0.6) is 5.75 Å². The van der Waals surface area contributed by atoms with E-state index in [1.807, 2.05) is 0 Å². The third-order valence-corrected chi connectivity index (χ3v) is 3.98. The molecule has 0 spiro atoms. The number of nitrogens with zero attached hydrogens (tertiary/aromatic N) is 3. The third kappa shape index (κ3) is 3.15. The Bertz CT molecular complexity index is 943. The molecule has 0 aromatic carbocycles. The number of amides is 1. The zero-order chi connectivity index (χ0) is 19.1. The van der Waals surface area contributed by atoms with Gasteiger partial charge in [-0.15, -0.1) is 0 Å². The number of rotatable bonds is 3. The van der Waals surface area contributed by atoms with Crippen LogP contribution in [-0.4, -0.2) is 32.2 Å². The lowest BCUT2D eigenvalue weighted by atomic mass is 10.1. The summed E-state index contributed by atoms with van der Waals surface area (Å²) in [4.78, 5) is 32.3. The highest BCUT2D eigenvalue weighted by atomic mass is 19.1. The molecule has 0 fully saturated rings. The fourth-order valence-electron chi connectivity index (χ4n) is 2.65. The summed E-state index contributed by atoms with van der Waals surface area (Å²) in [6, 6.07) is 0.634. The minimum absolute atomic E-state index is 0.197. The molecule has 0 saturated carbocycles. The van der Waals surface area contributed by atoms with Gasteiger partial charge in [0.15, 0.2) is 5.69 Å². The van der Waals surface area contributed by atoms with Crippen molar-refractivity contribution in [3.05, 3.63) is 51.5 Å². The molecule has 2 aromatic rings. The number of nitrogens with one attached hydrogen (secondary N) is 1. The van der Waals surface area contributed by atoms with Gasteiger partial charge >= 0.3 is 0 Å². The molecule has 26 heavy (non-hydrogen) atoms. The second-order valence-electron chi connectivity index (χ2n) is 6.21. The Kier molecular flexibility index (Phi) is 4.45. The predicted molar refractivity (Wildman–Crippen MR) is 84.5 cm³/mol. The number of aromatic nitrogens is 3. The van der Waals surface area contributed by atoms with Crippen molar-refractivity contribution in [2.24, 2.45) is 0 Å². The Hall–Kier alpha value is -2.88. The molecule has 0 atom stereocenters. The van der Waals surface area contributed by atoms with E-state index in [1.165, 1.54) is 4.57 Å². The van der Waals surface area contributed by atoms with Crippen LogP contribution in [0.4, 0.5) is 8.78 Å². The van der Waals surface area contributed by atoms with Crippen molar-refractivity contribution in [3.63, 3.8) is 0 Å². The van der Waals surface area contributed by atoms with Crippen LogP contribution >= 0.6 is 0 Å². The largest absolute Gasteiger partial charge is 0.501 e. The van der Waals surface area contributed by atoms with Crippen LogP contribution < -0.4 is 10.9 Å². The molecule has 0 saturated heterocycles. The summed E-state index contributed by atoms with van der Waals surface area (Å²) >= 11 is 0. The van der Waals surface area contributed by atoms with E-state index in [1.54, 1.807) is 13.8 Å². The lowest BCUT2D eigenvalue weighted by molar-refractivity contribution is -0.0566. The molecule has 2 aromatic heterocycles. The maximum absolute atomic E-state index is 13.6. The van der Waals surface area contributed by atoms with Crippen molar-refractivity contribution in [1.82, 2.24) is 19.9 Å². The van der Waals surface area contributed by atoms with Crippen LogP contribution in [0.2, 0.25) is 0 Å². The van der Waals surface area contributed by atoms with Crippen LogP contribution in [0.3, 0.4) is 0 Å². The maximum atomic E-state index is 13.6. The van der Waals surface area contributed by atoms with Gasteiger partial charge in [-0.2, -0.15) is 0 Å². The van der Waals surface area contributed by atoms with Crippen molar-refractivity contribution >= 4 is 5.91 Å². The van der Waals surface area contributed by atoms with Gasteiger partial charge in [-0.3, -0.25) is 19.1 Å². The highest BCUT2D eigenvalue weighted by molar-refractivity contribution is 5.94. The molecule has 1 amide bonds. The van der Waals surface area contributed by atoms with Crippen LogP contribution in [-0.2, 0) is 23.4 Å². The summed E-state index contributed by atoms with van der Waals surface area (Å²) in [5, 5.41) is 12.3. The first-order valence-electron chi connectivity index (χ1n) is 7.77. The number of aromatic hydroxyl groups is 1. The molecular formula is C16H16F2N4O4. The highest BCUT2D eigenvalue weighted by Gasteiger charge is 2.34. The molecule has 10 heteroatoms. The zero-order valence-corrected chi connectivity index (χ0v) is 14.0. The molecule has 0 radical (unpaired) electrons. The number of carbonyl (C=O) groups excluding carboxylic acids is 1. The first-order valence-corrected chi connectivity index (χ1v) is 7.77. The number of halogens is 2. The summed E-state index contributed by atoms with van der Waals surface area (Å²) in [5.74, 6) is -3.28. The number of ether oxygens (including phenoxy) is 1. The van der Waals surface area contributed by atoms with Crippen LogP contribution in [0.25, 0.3) is 0 Å². The van der Waals surface area contributed by atoms with E-state index in [0.717, 1.165) is 6.20 Å². The maximum Gasteiger partial charge on any atom is 0.296 e. The minimum atomic E-state index is -0.928. The molecule has 1 aliphatic heterocycles. The Morgan fingerprint density at radius 3 is 2.88 bits per heavy atom. The van der Waals surface area contributed by atoms with Crippen molar-refractivity contribution in [1.29, 1.82) is 0 Å². The second-order valence-corrected chi connectivity index (χ2v) is 6.21. The van der Waals surface area contributed by atoms with Gasteiger partial charge in [0, 0.05) is 6.07 Å². The molecule has 0 unspecified atom stereocenters. The molecule has 0 aliphatic carbocycles. The van der Waals surface area contributed by atoms with Gasteiger partial charge in [0.25, 0.3) is 11.5 Å². The highest BCUT2D eigenvalue weighted by Crippen LogP contribution is 2.27. The van der Waals surface area contributed by atoms with Crippen LogP contribution in [0.1, 0.15) is 35.9 Å². The Morgan fingerprint density at radius 2 is 2.19 bits per heavy atom. The smallest absolute Gasteiger partial charge is 0.296 e. The summed E-state index contributed by atoms with van der Waals surface area (Å²) in [5.41, 5.74) is -2.38. The fraction of sp³-hybridized carbons (Fsp3) is 0.375. The average molecular weight is 366 g/mol. The first-order chi connectivity index (χ1) is 12.2. The summed E-state index contributed by atoms with van der Waals surface area (Å²) in [7, 11) is 0. The van der Waals surface area contributed by atoms with Gasteiger partial charge < -0.3 is 15.2 Å². The third-order valence-electron chi connectivity index (χ3n) is 3.98. The van der Waals surface area contributed by atoms with E-state index in [0.29, 0.717) is 6.07 Å². The number of fused-ring (bicyclic) bond motifs is 1. The van der Waals surface area contributed by atoms with Gasteiger partial charge in [-0.05, 0) is 13.8 Å². The fourth-order valence-corrected chi connectivity index (χ4v) is 2.65. The zero-order valence-electron chi connectivity index (χ0n) is 14.0. The van der Waals surface area contributed by atoms with Crippen molar-refractivity contribution in [2.75, 3.05) is 6.61 Å². The molecule has 2 N–H and O–H groups in total. The van der Waals surface area contributed by atoms with Gasteiger partial charge in [-0.25, -0.2) is 13.8 Å². The monoisotopic (exact) mass is 366 g/mol. The topological polar surface area (TPSA) is 106 Å². The van der Waals surface area contributed by atoms with Gasteiger partial charge in [0.1, 0.15) is 23.1 Å². The molecule has 8 nitrogen and oxygen atoms in total. The number of hydrogen-bond acceptors (Lipinski definition) is 6. The van der Waals surface area contributed by atoms with E-state index in [9.17, 15) is 23.5 Å². The van der Waals surface area contributed by atoms with Crippen molar-refractivity contribution in [3.8, 4) is 5.75 Å². The Labute approximate surface area is 146 Å². The van der Waals surface area contributed by atoms with Gasteiger partial charge in [-0.1, -0.05) is 0 Å². The van der Waals surface area contributed by atoms with Crippen molar-refractivity contribution < 1.29 is 23.4 Å². The van der Waals surface area contributed by atoms with E-state index >= 15 is 0 Å². The summed E-state index contributed by atoms with van der Waals surface area (Å²) in [6.07, 6.45) is 0.811. The standard InChI is InChI=1S/C16H16F2N4O4/c1-16(2)15-21-11(12(23)14(25)22(15)3-4-26-16)13(24)20-7-10-9(18)5-8(17)6-19-10/h5-6,23H,3-4,7H2,1-2H3,(H,20,24). The normalized spacial score (nSPS) is 15.4. The Morgan fingerprint density at radius 1 is 1.46 bits per heavy atom. The summed E-state index contributed by atoms with van der Waals surface area (Å²) < 4.78 is 33.2. The molecular weight excluding hydrogens is 350 g/mol. The van der Waals surface area contributed by atoms with E-state index in [-0.39, 0.29) is 31.2 Å². The second kappa shape index (κ2) is 6.45. The van der Waals surface area contributed by atoms with E-state index in [4.69, 9.17) is 4.74 Å². The van der Waals surface area contributed by atoms with Crippen LogP contribution in [0.15, 0.2) is 17.1 Å². The average Bonchev–Trinajstić information content (AvgIpc) is 2.57. The number of hydrogen-bond donors (Lipinski definition) is 2. The lowest BCUT2D eigenvalue weighted by Crippen LogP contribution is -2.42. The molecule has 138 valence electrons. The Balaban J connectivity index is 1.90. The van der Waals surface area contributed by atoms with Crippen molar-refractivity contribution in [2.45, 2.75) is 32.5 Å². The lowest BCUT2D eigenvalue weighted by Gasteiger charge is -2.32. The molecule has 3 heterocycles. The van der Waals surface area contributed by atoms with E-state index in [2.05, 4.69) is 15.3 Å². The molecule has 1 aliphatic rings. The number of carbonyl (C=O) groups is 1. The SMILES string of the molecule is CC1(C)OCCn2c1nc(C(=O)NCc1ncc(F)cc1F)c(O)c2=O. The quantitative estimate of drug-likeness (QED) is 0.833. The first kappa shape index (κ1) is 17.9. The molecule has 3 rings (SSSR count). The van der Waals surface area contributed by atoms with Crippen LogP contribution in [0, 0.1) is 11.6 Å². The van der Waals surface area contributed by atoms with Gasteiger partial charge in [0.05, 0.1) is 31.6 Å². The minimum Gasteiger partial charge on any atom is -0.501 e. The van der Waals surface area contributed by atoms with E-state index < -0.39 is 40.1 Å².